The van der Waals surface area contributed by atoms with E-state index in [1.807, 2.05) is 24.3 Å². The van der Waals surface area contributed by atoms with Gasteiger partial charge < -0.3 is 0 Å². The van der Waals surface area contributed by atoms with Crippen molar-refractivity contribution >= 4 is 11.3 Å². The van der Waals surface area contributed by atoms with Crippen LogP contribution < -0.4 is 4.68 Å². The molecule has 0 aliphatic rings. The van der Waals surface area contributed by atoms with Gasteiger partial charge in [0, 0.05) is 23.1 Å². The van der Waals surface area contributed by atoms with Crippen LogP contribution >= 0.6 is 11.3 Å². The molecular weight excluding hydrogens is 252 g/mol. The van der Waals surface area contributed by atoms with Crippen molar-refractivity contribution in [1.82, 2.24) is 5.10 Å². The van der Waals surface area contributed by atoms with E-state index >= 15 is 0 Å². The highest BCUT2D eigenvalue weighted by Gasteiger charge is 2.17. The summed E-state index contributed by atoms with van der Waals surface area (Å²) in [6.45, 7) is 2.95. The lowest BCUT2D eigenvalue weighted by Crippen LogP contribution is -2.38. The topological polar surface area (TPSA) is 16.8 Å². The quantitative estimate of drug-likeness (QED) is 0.664. The Bertz CT molecular complexity index is 660. The van der Waals surface area contributed by atoms with Crippen molar-refractivity contribution in [1.29, 1.82) is 0 Å². The molecule has 3 heteroatoms. The van der Waals surface area contributed by atoms with Crippen LogP contribution in [0.4, 0.5) is 0 Å². The zero-order valence-electron chi connectivity index (χ0n) is 10.8. The standard InChI is InChI=1S/C16H15N2S/c1-13-18(12-14-8-4-2-5-9-14)17-16(19-13)15-10-6-3-7-11-15/h2-11H,12H2,1H3/q+1. The third kappa shape index (κ3) is 2.71. The van der Waals surface area contributed by atoms with Crippen molar-refractivity contribution < 1.29 is 4.68 Å². The number of benzene rings is 2. The summed E-state index contributed by atoms with van der Waals surface area (Å²) in [5, 5.41) is 7.01. The van der Waals surface area contributed by atoms with Gasteiger partial charge in [-0.1, -0.05) is 65.3 Å². The smallest absolute Gasteiger partial charge is 0.0729 e. The normalized spacial score (nSPS) is 10.6. The third-order valence-corrected chi connectivity index (χ3v) is 4.03. The molecule has 2 aromatic carbocycles. The Kier molecular flexibility index (Phi) is 3.38. The third-order valence-electron chi connectivity index (χ3n) is 3.02. The van der Waals surface area contributed by atoms with Gasteiger partial charge in [-0.3, -0.25) is 0 Å². The van der Waals surface area contributed by atoms with Crippen LogP contribution in [0.15, 0.2) is 60.7 Å². The predicted molar refractivity (Wildman–Crippen MR) is 78.0 cm³/mol. The van der Waals surface area contributed by atoms with Crippen LogP contribution in [-0.2, 0) is 6.54 Å². The fourth-order valence-electron chi connectivity index (χ4n) is 1.99. The van der Waals surface area contributed by atoms with Gasteiger partial charge in [0.25, 0.3) is 5.01 Å². The molecule has 0 aliphatic carbocycles. The van der Waals surface area contributed by atoms with Crippen LogP contribution in [0.5, 0.6) is 0 Å². The van der Waals surface area contributed by atoms with Gasteiger partial charge in [0.15, 0.2) is 5.01 Å². The number of nitrogens with zero attached hydrogens (tertiary/aromatic N) is 2. The fourth-order valence-corrected chi connectivity index (χ4v) is 2.88. The van der Waals surface area contributed by atoms with Gasteiger partial charge in [0.05, 0.1) is 0 Å². The number of rotatable bonds is 3. The van der Waals surface area contributed by atoms with Gasteiger partial charge >= 0.3 is 0 Å². The zero-order chi connectivity index (χ0) is 13.1. The maximum absolute atomic E-state index is 4.71. The Balaban J connectivity index is 1.90. The van der Waals surface area contributed by atoms with E-state index in [2.05, 4.69) is 48.0 Å². The van der Waals surface area contributed by atoms with E-state index in [1.165, 1.54) is 16.1 Å². The molecule has 0 bridgehead atoms. The molecule has 19 heavy (non-hydrogen) atoms. The summed E-state index contributed by atoms with van der Waals surface area (Å²) in [6.07, 6.45) is 0. The Morgan fingerprint density at radius 3 is 2.26 bits per heavy atom. The van der Waals surface area contributed by atoms with Gasteiger partial charge in [-0.2, -0.15) is 0 Å². The number of aromatic nitrogens is 2. The van der Waals surface area contributed by atoms with Gasteiger partial charge in [0.2, 0.25) is 6.54 Å². The van der Waals surface area contributed by atoms with E-state index in [9.17, 15) is 0 Å². The van der Waals surface area contributed by atoms with Gasteiger partial charge in [-0.15, -0.1) is 0 Å². The maximum Gasteiger partial charge on any atom is 0.262 e. The Morgan fingerprint density at radius 1 is 0.947 bits per heavy atom. The van der Waals surface area contributed by atoms with Gasteiger partial charge in [0.1, 0.15) is 0 Å². The Hall–Kier alpha value is -2.00. The summed E-state index contributed by atoms with van der Waals surface area (Å²) in [6, 6.07) is 20.8. The van der Waals surface area contributed by atoms with E-state index < -0.39 is 0 Å². The molecule has 3 aromatic rings. The van der Waals surface area contributed by atoms with E-state index in [1.54, 1.807) is 11.3 Å². The van der Waals surface area contributed by atoms with Crippen LogP contribution in [0.1, 0.15) is 10.6 Å². The average molecular weight is 267 g/mol. The maximum atomic E-state index is 4.71. The number of aryl methyl sites for hydroxylation is 1. The van der Waals surface area contributed by atoms with Crippen molar-refractivity contribution in [3.05, 3.63) is 71.2 Å². The molecular formula is C16H15N2S+. The lowest BCUT2D eigenvalue weighted by Gasteiger charge is -1.93. The Morgan fingerprint density at radius 2 is 1.58 bits per heavy atom. The lowest BCUT2D eigenvalue weighted by molar-refractivity contribution is -0.745. The highest BCUT2D eigenvalue weighted by Crippen LogP contribution is 2.21. The SMILES string of the molecule is Cc1sc(-c2ccccc2)n[n+]1Cc1ccccc1. The van der Waals surface area contributed by atoms with Crippen molar-refractivity contribution in [3.63, 3.8) is 0 Å². The minimum atomic E-state index is 0.829. The monoisotopic (exact) mass is 267 g/mol. The molecule has 1 heterocycles. The molecule has 0 radical (unpaired) electrons. The second-order valence-electron chi connectivity index (χ2n) is 4.44. The fraction of sp³-hybridized carbons (Fsp3) is 0.125. The first-order chi connectivity index (χ1) is 9.33. The molecule has 0 fully saturated rings. The highest BCUT2D eigenvalue weighted by molar-refractivity contribution is 7.14. The largest absolute Gasteiger partial charge is 0.262 e. The second kappa shape index (κ2) is 5.33. The summed E-state index contributed by atoms with van der Waals surface area (Å²) in [4.78, 5) is 0. The van der Waals surface area contributed by atoms with Crippen molar-refractivity contribution in [2.45, 2.75) is 13.5 Å². The second-order valence-corrected chi connectivity index (χ2v) is 5.62. The van der Waals surface area contributed by atoms with Gasteiger partial charge in [-0.25, -0.2) is 0 Å². The first-order valence-electron chi connectivity index (χ1n) is 6.30. The molecule has 1 aromatic heterocycles. The van der Waals surface area contributed by atoms with E-state index in [-0.39, 0.29) is 0 Å². The minimum absolute atomic E-state index is 0.829. The molecule has 94 valence electrons. The summed E-state index contributed by atoms with van der Waals surface area (Å²) < 4.78 is 2.07. The van der Waals surface area contributed by atoms with Crippen LogP contribution in [-0.4, -0.2) is 5.10 Å². The Labute approximate surface area is 117 Å². The first kappa shape index (κ1) is 12.1. The predicted octanol–water partition coefficient (Wildman–Crippen LogP) is 3.45. The number of hydrogen-bond donors (Lipinski definition) is 0. The molecule has 0 amide bonds. The van der Waals surface area contributed by atoms with Crippen molar-refractivity contribution in [3.8, 4) is 10.6 Å². The van der Waals surface area contributed by atoms with Crippen LogP contribution in [0.2, 0.25) is 0 Å². The lowest BCUT2D eigenvalue weighted by atomic mass is 10.2. The van der Waals surface area contributed by atoms with Crippen LogP contribution in [0.25, 0.3) is 10.6 Å². The minimum Gasteiger partial charge on any atom is -0.0729 e. The van der Waals surface area contributed by atoms with Crippen LogP contribution in [0.3, 0.4) is 0 Å². The summed E-state index contributed by atoms with van der Waals surface area (Å²) in [7, 11) is 0. The average Bonchev–Trinajstić information content (AvgIpc) is 2.82. The van der Waals surface area contributed by atoms with Crippen molar-refractivity contribution in [2.24, 2.45) is 0 Å². The molecule has 0 saturated carbocycles. The zero-order valence-corrected chi connectivity index (χ0v) is 11.6. The number of hydrogen-bond acceptors (Lipinski definition) is 2. The molecule has 3 rings (SSSR count). The molecule has 0 aliphatic heterocycles. The molecule has 0 atom stereocenters. The highest BCUT2D eigenvalue weighted by atomic mass is 32.1. The molecule has 2 nitrogen and oxygen atoms in total. The summed E-state index contributed by atoms with van der Waals surface area (Å²) in [5.41, 5.74) is 2.46. The molecule has 0 spiro atoms. The van der Waals surface area contributed by atoms with E-state index in [0.29, 0.717) is 0 Å². The summed E-state index contributed by atoms with van der Waals surface area (Å²) >= 11 is 1.74. The van der Waals surface area contributed by atoms with Crippen molar-refractivity contribution in [2.75, 3.05) is 0 Å². The molecule has 0 unspecified atom stereocenters. The van der Waals surface area contributed by atoms with E-state index in [4.69, 9.17) is 5.10 Å². The van der Waals surface area contributed by atoms with Crippen LogP contribution in [0, 0.1) is 6.92 Å². The molecule has 0 N–H and O–H groups in total. The van der Waals surface area contributed by atoms with Gasteiger partial charge in [-0.05, 0) is 11.3 Å². The summed E-state index contributed by atoms with van der Waals surface area (Å²) in [5.74, 6) is 0. The van der Waals surface area contributed by atoms with E-state index in [0.717, 1.165) is 11.6 Å². The molecule has 0 saturated heterocycles. The first-order valence-corrected chi connectivity index (χ1v) is 7.11.